The molecule has 44 heavy (non-hydrogen) atoms. The smallest absolute Gasteiger partial charge is 0.353 e. The number of likely N-dealkylation sites (tertiary alicyclic amines) is 2. The van der Waals surface area contributed by atoms with Crippen LogP contribution in [0.25, 0.3) is 0 Å². The lowest BCUT2D eigenvalue weighted by atomic mass is 9.70. The molecule has 0 saturated carbocycles. The van der Waals surface area contributed by atoms with E-state index in [1.165, 1.54) is 27.7 Å². The molecule has 6 rings (SSSR count). The van der Waals surface area contributed by atoms with Gasteiger partial charge in [-0.3, -0.25) is 24.2 Å². The summed E-state index contributed by atoms with van der Waals surface area (Å²) in [6.45, 7) is 9.83. The second-order valence-electron chi connectivity index (χ2n) is 12.2. The Bertz CT molecular complexity index is 1370. The Kier molecular flexibility index (Phi) is 8.25. The number of tetrazole rings is 1. The van der Waals surface area contributed by atoms with Gasteiger partial charge in [0, 0.05) is 54.8 Å². The van der Waals surface area contributed by atoms with E-state index in [0.29, 0.717) is 42.9 Å². The first kappa shape index (κ1) is 30.6. The Morgan fingerprint density at radius 3 is 2.84 bits per heavy atom. The average Bonchev–Trinajstić information content (AvgIpc) is 3.81. The molecule has 238 valence electrons. The fourth-order valence-corrected chi connectivity index (χ4v) is 9.11. The summed E-state index contributed by atoms with van der Waals surface area (Å²) in [4.78, 5) is 58.2. The predicted octanol–water partition coefficient (Wildman–Crippen LogP) is -2.85. The van der Waals surface area contributed by atoms with Crippen molar-refractivity contribution in [1.29, 1.82) is 0 Å². The zero-order chi connectivity index (χ0) is 31.3. The molecule has 3 unspecified atom stereocenters. The number of amides is 3. The van der Waals surface area contributed by atoms with Crippen molar-refractivity contribution in [2.24, 2.45) is 23.3 Å². The monoisotopic (exact) mass is 629 g/mol. The van der Waals surface area contributed by atoms with Gasteiger partial charge in [0.2, 0.25) is 11.8 Å². The summed E-state index contributed by atoms with van der Waals surface area (Å²) in [5.41, 5.74) is 10.8. The molecular weight excluding hydrogens is 590 g/mol. The van der Waals surface area contributed by atoms with E-state index >= 15 is 0 Å². The highest BCUT2D eigenvalue weighted by atomic mass is 32.2. The van der Waals surface area contributed by atoms with Crippen LogP contribution in [-0.2, 0) is 25.7 Å². The van der Waals surface area contributed by atoms with Crippen molar-refractivity contribution in [3.8, 4) is 0 Å². The normalized spacial score (nSPS) is 33.8. The Morgan fingerprint density at radius 2 is 2.16 bits per heavy atom. The highest BCUT2D eigenvalue weighted by Gasteiger charge is 2.69. The van der Waals surface area contributed by atoms with Crippen molar-refractivity contribution >= 4 is 35.5 Å². The summed E-state index contributed by atoms with van der Waals surface area (Å²) >= 11 is 1.36. The molecule has 5 aliphatic rings. The number of nitrogens with two attached hydrogens (primary N) is 2. The van der Waals surface area contributed by atoms with Crippen LogP contribution in [0.2, 0.25) is 0 Å². The Hall–Kier alpha value is -3.38. The molecule has 4 saturated heterocycles. The number of carboxylic acid groups (broad SMARTS) is 1. The summed E-state index contributed by atoms with van der Waals surface area (Å²) in [6.07, 6.45) is 4.50. The second-order valence-corrected chi connectivity index (χ2v) is 13.6. The zero-order valence-electron chi connectivity index (χ0n) is 24.5. The minimum atomic E-state index is -1.56. The molecule has 3 amide bonds. The van der Waals surface area contributed by atoms with Crippen LogP contribution in [-0.4, -0.2) is 138 Å². The fraction of sp³-hybridized carbons (Fsp3) is 0.667. The van der Waals surface area contributed by atoms with Gasteiger partial charge >= 0.3 is 5.97 Å². The van der Waals surface area contributed by atoms with Gasteiger partial charge in [0.25, 0.3) is 5.91 Å². The lowest BCUT2D eigenvalue weighted by Crippen LogP contribution is -2.84. The van der Waals surface area contributed by atoms with E-state index < -0.39 is 41.3 Å². The van der Waals surface area contributed by atoms with E-state index in [1.54, 1.807) is 13.0 Å². The van der Waals surface area contributed by atoms with Crippen molar-refractivity contribution in [3.63, 3.8) is 0 Å². The standard InChI is InChI=1S/C27H39N11O5S/c1-3-17-22(44-16-8-18(30-9-16)24(40)36-10-15-4-6-35(7-5-28)19(15)11-36)21(25(41)42)38-23(17)27(29,26(38)43)14(2)32-20(39)12-37-13-31-33-34-37/h3,13-19,23,30H,1,4-12,28-29H2,2H3,(H,32,39)(H,41,42)/t14?,15?,16-,17-,18-,19?,23+,27-/m0/s1. The number of nitrogens with one attached hydrogen (secondary N) is 2. The average molecular weight is 630 g/mol. The highest BCUT2D eigenvalue weighted by Crippen LogP contribution is 2.53. The topological polar surface area (TPSA) is 218 Å². The summed E-state index contributed by atoms with van der Waals surface area (Å²) in [5.74, 6) is -2.29. The van der Waals surface area contributed by atoms with Gasteiger partial charge in [0.15, 0.2) is 0 Å². The molecule has 0 aromatic carbocycles. The second kappa shape index (κ2) is 11.8. The van der Waals surface area contributed by atoms with Gasteiger partial charge in [0.05, 0.1) is 18.1 Å². The van der Waals surface area contributed by atoms with Gasteiger partial charge in [-0.25, -0.2) is 9.48 Å². The molecular formula is C27H39N11O5S. The van der Waals surface area contributed by atoms with Crippen molar-refractivity contribution in [3.05, 3.63) is 29.6 Å². The highest BCUT2D eigenvalue weighted by molar-refractivity contribution is 8.03. The Balaban J connectivity index is 1.12. The Morgan fingerprint density at radius 1 is 1.36 bits per heavy atom. The number of hydrogen-bond donors (Lipinski definition) is 5. The minimum absolute atomic E-state index is 0.0699. The van der Waals surface area contributed by atoms with Crippen LogP contribution in [0.5, 0.6) is 0 Å². The van der Waals surface area contributed by atoms with E-state index in [0.717, 1.165) is 26.1 Å². The largest absolute Gasteiger partial charge is 0.477 e. The maximum Gasteiger partial charge on any atom is 0.353 e. The van der Waals surface area contributed by atoms with Gasteiger partial charge in [0.1, 0.15) is 24.1 Å². The summed E-state index contributed by atoms with van der Waals surface area (Å²) in [5, 5.41) is 26.9. The van der Waals surface area contributed by atoms with Crippen LogP contribution in [0.4, 0.5) is 0 Å². The van der Waals surface area contributed by atoms with Gasteiger partial charge in [-0.1, -0.05) is 6.08 Å². The number of fused-ring (bicyclic) bond motifs is 2. The first-order valence-electron chi connectivity index (χ1n) is 14.9. The van der Waals surface area contributed by atoms with Crippen LogP contribution in [0.15, 0.2) is 29.6 Å². The number of aliphatic carboxylic acids is 1. The van der Waals surface area contributed by atoms with Gasteiger partial charge in [-0.05, 0) is 42.7 Å². The van der Waals surface area contributed by atoms with E-state index in [-0.39, 0.29) is 29.4 Å². The zero-order valence-corrected chi connectivity index (χ0v) is 25.4. The first-order valence-corrected chi connectivity index (χ1v) is 15.8. The first-order chi connectivity index (χ1) is 21.1. The van der Waals surface area contributed by atoms with Crippen LogP contribution < -0.4 is 22.1 Å². The van der Waals surface area contributed by atoms with Crippen LogP contribution in [0.3, 0.4) is 0 Å². The third-order valence-corrected chi connectivity index (χ3v) is 11.2. The molecule has 0 aliphatic carbocycles. The maximum absolute atomic E-state index is 13.5. The maximum atomic E-state index is 13.5. The molecule has 0 radical (unpaired) electrons. The van der Waals surface area contributed by atoms with E-state index in [2.05, 4.69) is 37.6 Å². The van der Waals surface area contributed by atoms with Crippen molar-refractivity contribution in [1.82, 2.24) is 45.5 Å². The number of carbonyl (C=O) groups is 4. The van der Waals surface area contributed by atoms with Crippen molar-refractivity contribution < 1.29 is 24.3 Å². The van der Waals surface area contributed by atoms with E-state index in [9.17, 15) is 24.3 Å². The van der Waals surface area contributed by atoms with Crippen LogP contribution in [0.1, 0.15) is 19.8 Å². The lowest BCUT2D eigenvalue weighted by Gasteiger charge is -2.55. The molecule has 6 heterocycles. The molecule has 7 N–H and O–H groups in total. The van der Waals surface area contributed by atoms with Crippen molar-refractivity contribution in [2.45, 2.75) is 61.3 Å². The number of nitrogens with zero attached hydrogens (tertiary/aromatic N) is 7. The van der Waals surface area contributed by atoms with E-state index in [4.69, 9.17) is 11.5 Å². The minimum Gasteiger partial charge on any atom is -0.477 e. The third-order valence-electron chi connectivity index (χ3n) is 9.79. The third kappa shape index (κ3) is 4.99. The number of rotatable bonds is 11. The number of aromatic nitrogens is 4. The van der Waals surface area contributed by atoms with Gasteiger partial charge < -0.3 is 32.1 Å². The summed E-state index contributed by atoms with van der Waals surface area (Å²) in [7, 11) is 0. The Labute approximate surface area is 258 Å². The quantitative estimate of drug-likeness (QED) is 0.123. The lowest BCUT2D eigenvalue weighted by molar-refractivity contribution is -0.161. The molecule has 4 fully saturated rings. The summed E-state index contributed by atoms with van der Waals surface area (Å²) < 4.78 is 1.24. The number of thioether (sulfide) groups is 1. The predicted molar refractivity (Wildman–Crippen MR) is 158 cm³/mol. The molecule has 5 aliphatic heterocycles. The molecule has 1 aromatic heterocycles. The van der Waals surface area contributed by atoms with E-state index in [1.807, 2.05) is 4.90 Å². The molecule has 0 bridgehead atoms. The van der Waals surface area contributed by atoms with Gasteiger partial charge in [-0.15, -0.1) is 23.4 Å². The molecule has 17 heteroatoms. The number of carboxylic acids is 1. The molecule has 1 aromatic rings. The van der Waals surface area contributed by atoms with Gasteiger partial charge in [-0.2, -0.15) is 0 Å². The SMILES string of the molecule is C=C[C@H]1C(S[C@@H]2CN[C@H](C(=O)N3CC4CCN(CCN)C4C3)C2)=C(C(=O)O)N2C(=O)[C@](N)(C(C)NC(=O)Cn3cnnn3)[C@@H]12. The molecule has 16 nitrogen and oxygen atoms in total. The van der Waals surface area contributed by atoms with Crippen molar-refractivity contribution in [2.75, 3.05) is 39.3 Å². The number of carbonyl (C=O) groups excluding carboxylic acids is 3. The van der Waals surface area contributed by atoms with Crippen LogP contribution in [0, 0.1) is 11.8 Å². The summed E-state index contributed by atoms with van der Waals surface area (Å²) in [6, 6.07) is -1.57. The molecule has 0 spiro atoms. The number of β-lactam (4-membered cyclic amide) rings is 1. The fourth-order valence-electron chi connectivity index (χ4n) is 7.61. The molecule has 8 atom stereocenters. The number of hydrogen-bond acceptors (Lipinski definition) is 12. The van der Waals surface area contributed by atoms with Crippen LogP contribution >= 0.6 is 11.8 Å².